The summed E-state index contributed by atoms with van der Waals surface area (Å²) in [5, 5.41) is 23.8. The minimum atomic E-state index is -0.0894. The zero-order chi connectivity index (χ0) is 29.7. The summed E-state index contributed by atoms with van der Waals surface area (Å²) in [7, 11) is 0. The molecule has 0 saturated heterocycles. The summed E-state index contributed by atoms with van der Waals surface area (Å²) in [5.74, 6) is 0.0465. The molecule has 8 heteroatoms. The van der Waals surface area contributed by atoms with E-state index in [0.29, 0.717) is 16.8 Å². The Labute approximate surface area is 249 Å². The molecule has 42 heavy (non-hydrogen) atoms. The largest absolute Gasteiger partial charge is 0.383 e. The van der Waals surface area contributed by atoms with Crippen LogP contribution in [-0.4, -0.2) is 15.5 Å². The van der Waals surface area contributed by atoms with Gasteiger partial charge in [-0.2, -0.15) is 10.5 Å². The number of fused-ring (bicyclic) bond motifs is 2. The van der Waals surface area contributed by atoms with Crippen molar-refractivity contribution in [2.75, 3.05) is 11.1 Å². The number of carbonyl (C=O) groups is 1. The molecule has 0 radical (unpaired) electrons. The Bertz CT molecular complexity index is 1940. The first-order valence-electron chi connectivity index (χ1n) is 14.0. The average molecular weight is 571 g/mol. The number of thiophene rings is 1. The van der Waals surface area contributed by atoms with Crippen LogP contribution >= 0.6 is 11.3 Å². The van der Waals surface area contributed by atoms with Gasteiger partial charge in [0.2, 0.25) is 0 Å². The van der Waals surface area contributed by atoms with Crippen LogP contribution in [0.4, 0.5) is 11.5 Å². The Morgan fingerprint density at radius 3 is 2.55 bits per heavy atom. The Hall–Kier alpha value is -4.92. The topological polar surface area (TPSA) is 121 Å². The van der Waals surface area contributed by atoms with Crippen molar-refractivity contribution < 1.29 is 4.79 Å². The lowest BCUT2D eigenvalue weighted by Gasteiger charge is -2.14. The van der Waals surface area contributed by atoms with E-state index in [2.05, 4.69) is 53.0 Å². The van der Waals surface area contributed by atoms with Crippen molar-refractivity contribution in [3.8, 4) is 17.1 Å². The fourth-order valence-corrected chi connectivity index (χ4v) is 7.75. The van der Waals surface area contributed by atoms with E-state index in [9.17, 15) is 15.3 Å². The average Bonchev–Trinajstić information content (AvgIpc) is 3.57. The van der Waals surface area contributed by atoms with Gasteiger partial charge in [0.25, 0.3) is 5.91 Å². The third-order valence-corrected chi connectivity index (χ3v) is 9.65. The van der Waals surface area contributed by atoms with E-state index in [4.69, 9.17) is 5.73 Å². The summed E-state index contributed by atoms with van der Waals surface area (Å²) in [6, 6.07) is 16.2. The molecule has 0 atom stereocenters. The van der Waals surface area contributed by atoms with Gasteiger partial charge >= 0.3 is 0 Å². The van der Waals surface area contributed by atoms with Gasteiger partial charge in [-0.15, -0.1) is 11.3 Å². The molecule has 208 valence electrons. The summed E-state index contributed by atoms with van der Waals surface area (Å²) in [5.41, 5.74) is 16.2. The van der Waals surface area contributed by atoms with Gasteiger partial charge in [0, 0.05) is 27.5 Å². The molecule has 2 aliphatic rings. The van der Waals surface area contributed by atoms with Gasteiger partial charge in [0.05, 0.1) is 22.4 Å². The highest BCUT2D eigenvalue weighted by Gasteiger charge is 2.31. The van der Waals surface area contributed by atoms with Gasteiger partial charge in [-0.3, -0.25) is 4.79 Å². The highest BCUT2D eigenvalue weighted by atomic mass is 32.1. The molecule has 3 N–H and O–H groups in total. The van der Waals surface area contributed by atoms with Crippen molar-refractivity contribution >= 4 is 46.0 Å². The molecule has 0 spiro atoms. The number of pyridine rings is 1. The number of hydrogen-bond acceptors (Lipinski definition) is 6. The Morgan fingerprint density at radius 2 is 1.83 bits per heavy atom. The zero-order valence-corrected chi connectivity index (χ0v) is 24.9. The molecule has 1 aromatic carbocycles. The number of amides is 1. The maximum atomic E-state index is 13.8. The highest BCUT2D eigenvalue weighted by molar-refractivity contribution is 7.15. The molecular weight excluding hydrogens is 540 g/mol. The van der Waals surface area contributed by atoms with Crippen molar-refractivity contribution in [2.24, 2.45) is 0 Å². The number of nitrogens with two attached hydrogens (primary N) is 1. The van der Waals surface area contributed by atoms with Crippen LogP contribution in [-0.2, 0) is 12.8 Å². The summed E-state index contributed by atoms with van der Waals surface area (Å²) in [6.45, 7) is 7.88. The van der Waals surface area contributed by atoms with E-state index in [1.165, 1.54) is 4.88 Å². The number of allylic oxidation sites excluding steroid dienone is 3. The van der Waals surface area contributed by atoms with Crippen LogP contribution in [0.15, 0.2) is 42.0 Å². The summed E-state index contributed by atoms with van der Waals surface area (Å²) in [4.78, 5) is 19.6. The molecule has 7 nitrogen and oxygen atoms in total. The van der Waals surface area contributed by atoms with E-state index < -0.39 is 0 Å². The second-order valence-electron chi connectivity index (χ2n) is 10.9. The number of para-hydroxylation sites is 1. The lowest BCUT2D eigenvalue weighted by molar-refractivity contribution is 0.102. The second kappa shape index (κ2) is 10.5. The summed E-state index contributed by atoms with van der Waals surface area (Å²) in [6.07, 6.45) is 6.15. The standard InChI is InChI=1S/C34H30N6OS/c1-18-14-22(15-25-19(2)26(16-35)31-29(25)20(3)27(17-36)32(37)39-31)21(4)40(18)34-30(24-12-8-9-13-28(24)42-34)33(41)38-23-10-6-5-7-11-23/h5-7,10-11,14-15H,8-9,12-13H2,1-4H3,(H2,37,39)(H,38,41)/b25-15-. The van der Waals surface area contributed by atoms with Crippen LogP contribution in [0, 0.1) is 43.4 Å². The van der Waals surface area contributed by atoms with Crippen LogP contribution in [0.3, 0.4) is 0 Å². The molecule has 3 aromatic heterocycles. The Morgan fingerprint density at radius 1 is 1.10 bits per heavy atom. The van der Waals surface area contributed by atoms with E-state index >= 15 is 0 Å². The maximum absolute atomic E-state index is 13.8. The van der Waals surface area contributed by atoms with E-state index in [1.807, 2.05) is 44.2 Å². The summed E-state index contributed by atoms with van der Waals surface area (Å²) >= 11 is 1.71. The number of hydrogen-bond donors (Lipinski definition) is 2. The Kier molecular flexibility index (Phi) is 6.80. The van der Waals surface area contributed by atoms with Crippen LogP contribution in [0.5, 0.6) is 0 Å². The maximum Gasteiger partial charge on any atom is 0.258 e. The zero-order valence-electron chi connectivity index (χ0n) is 24.1. The van der Waals surface area contributed by atoms with Crippen molar-refractivity contribution in [3.63, 3.8) is 0 Å². The molecule has 0 saturated carbocycles. The minimum absolute atomic E-state index is 0.0894. The third-order valence-electron chi connectivity index (χ3n) is 8.37. The number of aryl methyl sites for hydroxylation is 2. The minimum Gasteiger partial charge on any atom is -0.383 e. The molecule has 3 heterocycles. The SMILES string of the molecule is CC1=C(C#N)c2nc(N)c(C#N)c(C)c2/C1=C\c1cc(C)n(-c2sc3c(c2C(=O)Nc2ccccc2)CCCC3)c1C. The van der Waals surface area contributed by atoms with Crippen molar-refractivity contribution in [1.29, 1.82) is 10.5 Å². The molecule has 4 aromatic rings. The smallest absolute Gasteiger partial charge is 0.258 e. The van der Waals surface area contributed by atoms with Crippen molar-refractivity contribution in [2.45, 2.75) is 53.4 Å². The quantitative estimate of drug-likeness (QED) is 0.267. The molecular formula is C34H30N6OS. The Balaban J connectivity index is 1.51. The molecule has 0 aliphatic heterocycles. The van der Waals surface area contributed by atoms with Crippen LogP contribution in [0.25, 0.3) is 22.2 Å². The fourth-order valence-electron chi connectivity index (χ4n) is 6.26. The number of rotatable bonds is 4. The first-order valence-corrected chi connectivity index (χ1v) is 14.8. The van der Waals surface area contributed by atoms with E-state index in [1.54, 1.807) is 11.3 Å². The predicted molar refractivity (Wildman–Crippen MR) is 168 cm³/mol. The van der Waals surface area contributed by atoms with Crippen LogP contribution < -0.4 is 11.1 Å². The first kappa shape index (κ1) is 27.3. The number of nitrogens with one attached hydrogen (secondary N) is 1. The molecule has 6 rings (SSSR count). The van der Waals surface area contributed by atoms with E-state index in [-0.39, 0.29) is 11.7 Å². The molecule has 0 bridgehead atoms. The second-order valence-corrected chi connectivity index (χ2v) is 12.0. The van der Waals surface area contributed by atoms with Crippen molar-refractivity contribution in [3.05, 3.63) is 97.3 Å². The monoisotopic (exact) mass is 570 g/mol. The first-order chi connectivity index (χ1) is 20.2. The van der Waals surface area contributed by atoms with Gasteiger partial charge in [-0.25, -0.2) is 4.98 Å². The van der Waals surface area contributed by atoms with Gasteiger partial charge in [0.15, 0.2) is 0 Å². The number of anilines is 2. The van der Waals surface area contributed by atoms with Gasteiger partial charge in [0.1, 0.15) is 23.0 Å². The fraction of sp³-hybridized carbons (Fsp3) is 0.235. The number of carbonyl (C=O) groups excluding carboxylic acids is 1. The lowest BCUT2D eigenvalue weighted by Crippen LogP contribution is -2.17. The number of nitrogen functional groups attached to an aromatic ring is 1. The van der Waals surface area contributed by atoms with Crippen molar-refractivity contribution in [1.82, 2.24) is 9.55 Å². The number of nitrogens with zero attached hydrogens (tertiary/aromatic N) is 4. The highest BCUT2D eigenvalue weighted by Crippen LogP contribution is 2.45. The van der Waals surface area contributed by atoms with Crippen LogP contribution in [0.2, 0.25) is 0 Å². The molecule has 0 unspecified atom stereocenters. The van der Waals surface area contributed by atoms with E-state index in [0.717, 1.165) is 86.7 Å². The number of benzene rings is 1. The van der Waals surface area contributed by atoms with Gasteiger partial charge in [-0.05, 0) is 105 Å². The lowest BCUT2D eigenvalue weighted by atomic mass is 9.95. The molecule has 0 fully saturated rings. The van der Waals surface area contributed by atoms with Gasteiger partial charge < -0.3 is 15.6 Å². The summed E-state index contributed by atoms with van der Waals surface area (Å²) < 4.78 is 2.18. The normalized spacial score (nSPS) is 14.9. The van der Waals surface area contributed by atoms with Crippen LogP contribution in [0.1, 0.15) is 79.9 Å². The van der Waals surface area contributed by atoms with Gasteiger partial charge in [-0.1, -0.05) is 18.2 Å². The molecule has 2 aliphatic carbocycles. The third kappa shape index (κ3) is 4.24. The number of nitriles is 2. The number of aromatic nitrogens is 2. The predicted octanol–water partition coefficient (Wildman–Crippen LogP) is 7.30. The molecule has 1 amide bonds.